The third-order valence-corrected chi connectivity index (χ3v) is 5.45. The van der Waals surface area contributed by atoms with Crippen LogP contribution in [0.5, 0.6) is 0 Å². The number of aromatic nitrogens is 3. The maximum atomic E-state index is 13.3. The van der Waals surface area contributed by atoms with E-state index in [1.54, 1.807) is 30.3 Å². The van der Waals surface area contributed by atoms with Crippen LogP contribution in [0.1, 0.15) is 16.7 Å². The van der Waals surface area contributed by atoms with Crippen molar-refractivity contribution < 1.29 is 4.79 Å². The van der Waals surface area contributed by atoms with Crippen molar-refractivity contribution in [2.45, 2.75) is 26.9 Å². The number of hydrogen-bond donors (Lipinski definition) is 1. The van der Waals surface area contributed by atoms with Crippen molar-refractivity contribution in [3.05, 3.63) is 103 Å². The maximum Gasteiger partial charge on any atom is 0.333 e. The molecular formula is C24H21ClN4O3. The van der Waals surface area contributed by atoms with Gasteiger partial charge in [-0.15, -0.1) is 0 Å². The molecule has 1 amide bonds. The molecule has 8 heteroatoms. The first-order valence-corrected chi connectivity index (χ1v) is 10.4. The Morgan fingerprint density at radius 1 is 1.03 bits per heavy atom. The Labute approximate surface area is 188 Å². The van der Waals surface area contributed by atoms with E-state index in [1.165, 1.54) is 10.8 Å². The number of rotatable bonds is 5. The number of amides is 1. The molecule has 0 saturated carbocycles. The highest BCUT2D eigenvalue weighted by molar-refractivity contribution is 6.31. The van der Waals surface area contributed by atoms with Crippen molar-refractivity contribution in [3.8, 4) is 0 Å². The highest BCUT2D eigenvalue weighted by Gasteiger charge is 2.17. The molecule has 1 N–H and O–H groups in total. The quantitative estimate of drug-likeness (QED) is 0.506. The number of pyridine rings is 1. The lowest BCUT2D eigenvalue weighted by Crippen LogP contribution is -2.42. The molecule has 0 radical (unpaired) electrons. The van der Waals surface area contributed by atoms with Crippen molar-refractivity contribution >= 4 is 34.2 Å². The summed E-state index contributed by atoms with van der Waals surface area (Å²) in [6.07, 6.45) is 1.49. The van der Waals surface area contributed by atoms with Gasteiger partial charge in [-0.2, -0.15) is 0 Å². The van der Waals surface area contributed by atoms with E-state index in [1.807, 2.05) is 38.1 Å². The van der Waals surface area contributed by atoms with E-state index in [0.29, 0.717) is 10.7 Å². The van der Waals surface area contributed by atoms with Crippen molar-refractivity contribution in [2.24, 2.45) is 0 Å². The van der Waals surface area contributed by atoms with Gasteiger partial charge in [0.1, 0.15) is 12.2 Å². The zero-order valence-corrected chi connectivity index (χ0v) is 18.4. The van der Waals surface area contributed by atoms with Crippen LogP contribution in [0.3, 0.4) is 0 Å². The molecule has 0 spiro atoms. The summed E-state index contributed by atoms with van der Waals surface area (Å²) in [6, 6.07) is 16.0. The minimum atomic E-state index is -0.597. The number of fused-ring (bicyclic) bond motifs is 1. The number of nitrogens with zero attached hydrogens (tertiary/aromatic N) is 3. The normalized spacial score (nSPS) is 11.0. The number of benzene rings is 2. The lowest BCUT2D eigenvalue weighted by molar-refractivity contribution is -0.116. The standard InChI is InChI=1S/C24H21ClN4O3/c1-15-5-8-17(9-6-15)13-29-23(31)19-4-3-11-26-22(19)28(24(29)32)14-21(30)27-20-12-18(25)10-7-16(20)2/h3-12H,13-14H2,1-2H3,(H,27,30). The Bertz CT molecular complexity index is 1440. The first-order chi connectivity index (χ1) is 15.3. The maximum absolute atomic E-state index is 13.3. The van der Waals surface area contributed by atoms with E-state index in [0.717, 1.165) is 21.3 Å². The van der Waals surface area contributed by atoms with Gasteiger partial charge in [-0.25, -0.2) is 9.78 Å². The average Bonchev–Trinajstić information content (AvgIpc) is 2.78. The number of hydrogen-bond acceptors (Lipinski definition) is 4. The van der Waals surface area contributed by atoms with Crippen molar-refractivity contribution in [1.29, 1.82) is 0 Å². The van der Waals surface area contributed by atoms with E-state index >= 15 is 0 Å². The Morgan fingerprint density at radius 3 is 2.53 bits per heavy atom. The second-order valence-corrected chi connectivity index (χ2v) is 8.06. The third-order valence-electron chi connectivity index (χ3n) is 5.22. The summed E-state index contributed by atoms with van der Waals surface area (Å²) in [5.74, 6) is -0.426. The van der Waals surface area contributed by atoms with Crippen LogP contribution < -0.4 is 16.6 Å². The summed E-state index contributed by atoms with van der Waals surface area (Å²) in [5.41, 5.74) is 2.40. The predicted octanol–water partition coefficient (Wildman–Crippen LogP) is 3.52. The summed E-state index contributed by atoms with van der Waals surface area (Å²) in [7, 11) is 0. The molecule has 2 heterocycles. The van der Waals surface area contributed by atoms with Crippen molar-refractivity contribution in [3.63, 3.8) is 0 Å². The van der Waals surface area contributed by atoms with Crippen LogP contribution in [-0.2, 0) is 17.9 Å². The molecule has 0 bridgehead atoms. The van der Waals surface area contributed by atoms with Gasteiger partial charge in [0.05, 0.1) is 11.9 Å². The van der Waals surface area contributed by atoms with E-state index in [4.69, 9.17) is 11.6 Å². The lowest BCUT2D eigenvalue weighted by Gasteiger charge is -2.14. The highest BCUT2D eigenvalue weighted by Crippen LogP contribution is 2.20. The van der Waals surface area contributed by atoms with Crippen molar-refractivity contribution in [2.75, 3.05) is 5.32 Å². The monoisotopic (exact) mass is 448 g/mol. The largest absolute Gasteiger partial charge is 0.333 e. The predicted molar refractivity (Wildman–Crippen MR) is 125 cm³/mol. The average molecular weight is 449 g/mol. The molecule has 162 valence electrons. The van der Waals surface area contributed by atoms with Gasteiger partial charge in [0.2, 0.25) is 5.91 Å². The van der Waals surface area contributed by atoms with E-state index in [-0.39, 0.29) is 24.1 Å². The lowest BCUT2D eigenvalue weighted by atomic mass is 10.1. The second kappa shape index (κ2) is 8.80. The first kappa shape index (κ1) is 21.5. The fourth-order valence-corrected chi connectivity index (χ4v) is 3.64. The van der Waals surface area contributed by atoms with Gasteiger partial charge in [0.25, 0.3) is 5.56 Å². The Balaban J connectivity index is 1.75. The minimum absolute atomic E-state index is 0.0950. The van der Waals surface area contributed by atoms with Crippen LogP contribution >= 0.6 is 11.6 Å². The first-order valence-electron chi connectivity index (χ1n) is 10.0. The van der Waals surface area contributed by atoms with Crippen LogP contribution in [0, 0.1) is 13.8 Å². The number of halogens is 1. The number of anilines is 1. The van der Waals surface area contributed by atoms with Gasteiger partial charge < -0.3 is 5.32 Å². The molecule has 0 fully saturated rings. The van der Waals surface area contributed by atoms with Gasteiger partial charge in [-0.3, -0.25) is 18.7 Å². The van der Waals surface area contributed by atoms with Crippen LogP contribution in [0.2, 0.25) is 5.02 Å². The smallest absolute Gasteiger partial charge is 0.324 e. The minimum Gasteiger partial charge on any atom is -0.324 e. The molecule has 32 heavy (non-hydrogen) atoms. The van der Waals surface area contributed by atoms with Crippen LogP contribution in [0.25, 0.3) is 11.0 Å². The topological polar surface area (TPSA) is 86.0 Å². The van der Waals surface area contributed by atoms with Crippen LogP contribution in [0.4, 0.5) is 5.69 Å². The Kier molecular flexibility index (Phi) is 5.92. The third kappa shape index (κ3) is 4.33. The van der Waals surface area contributed by atoms with Crippen molar-refractivity contribution in [1.82, 2.24) is 14.1 Å². The summed E-state index contributed by atoms with van der Waals surface area (Å²) in [6.45, 7) is 3.60. The summed E-state index contributed by atoms with van der Waals surface area (Å²) >= 11 is 6.03. The van der Waals surface area contributed by atoms with Gasteiger partial charge in [-0.1, -0.05) is 47.5 Å². The number of carbonyl (C=O) groups is 1. The molecule has 0 unspecified atom stereocenters. The highest BCUT2D eigenvalue weighted by atomic mass is 35.5. The molecule has 0 aliphatic heterocycles. The summed E-state index contributed by atoms with van der Waals surface area (Å²) in [5, 5.41) is 3.54. The fourth-order valence-electron chi connectivity index (χ4n) is 3.47. The van der Waals surface area contributed by atoms with Gasteiger partial charge >= 0.3 is 5.69 Å². The fraction of sp³-hybridized carbons (Fsp3) is 0.167. The van der Waals surface area contributed by atoms with Gasteiger partial charge in [0.15, 0.2) is 0 Å². The summed E-state index contributed by atoms with van der Waals surface area (Å²) < 4.78 is 2.35. The zero-order chi connectivity index (χ0) is 22.8. The number of carbonyl (C=O) groups excluding carboxylic acids is 1. The number of nitrogens with one attached hydrogen (secondary N) is 1. The van der Waals surface area contributed by atoms with Crippen LogP contribution in [0.15, 0.2) is 70.4 Å². The molecule has 4 rings (SSSR count). The molecule has 2 aromatic carbocycles. The Morgan fingerprint density at radius 2 is 1.78 bits per heavy atom. The Hall–Kier alpha value is -3.71. The molecule has 4 aromatic rings. The van der Waals surface area contributed by atoms with E-state index < -0.39 is 17.2 Å². The zero-order valence-electron chi connectivity index (χ0n) is 17.6. The second-order valence-electron chi connectivity index (χ2n) is 7.63. The summed E-state index contributed by atoms with van der Waals surface area (Å²) in [4.78, 5) is 43.3. The van der Waals surface area contributed by atoms with E-state index in [9.17, 15) is 14.4 Å². The molecule has 7 nitrogen and oxygen atoms in total. The molecule has 0 aliphatic rings. The van der Waals surface area contributed by atoms with E-state index in [2.05, 4.69) is 10.3 Å². The van der Waals surface area contributed by atoms with Crippen LogP contribution in [-0.4, -0.2) is 20.0 Å². The van der Waals surface area contributed by atoms with Gasteiger partial charge in [-0.05, 0) is 49.2 Å². The molecule has 0 saturated heterocycles. The molecule has 2 aromatic heterocycles. The molecular weight excluding hydrogens is 428 g/mol. The van der Waals surface area contributed by atoms with Gasteiger partial charge in [0, 0.05) is 16.9 Å². The number of aryl methyl sites for hydroxylation is 2. The molecule has 0 atom stereocenters. The molecule has 0 aliphatic carbocycles. The SMILES string of the molecule is Cc1ccc(Cn2c(=O)c3cccnc3n(CC(=O)Nc3cc(Cl)ccc3C)c2=O)cc1.